The molecule has 0 heterocycles. The van der Waals surface area contributed by atoms with Gasteiger partial charge in [0, 0.05) is 35.1 Å². The number of para-hydroxylation sites is 1. The van der Waals surface area contributed by atoms with Crippen LogP contribution in [-0.2, 0) is 6.61 Å². The molecule has 1 N–H and O–H groups in total. The van der Waals surface area contributed by atoms with E-state index in [1.807, 2.05) is 0 Å². The Morgan fingerprint density at radius 2 is 1.57 bits per heavy atom. The summed E-state index contributed by atoms with van der Waals surface area (Å²) in [4.78, 5) is 25.2. The summed E-state index contributed by atoms with van der Waals surface area (Å²) >= 11 is 0. The quantitative estimate of drug-likeness (QED) is 0.148. The van der Waals surface area contributed by atoms with E-state index in [0.717, 1.165) is 0 Å². The Balaban J connectivity index is 1.53. The van der Waals surface area contributed by atoms with Crippen LogP contribution in [0.5, 0.6) is 17.2 Å². The van der Waals surface area contributed by atoms with Crippen molar-refractivity contribution >= 4 is 11.8 Å². The van der Waals surface area contributed by atoms with Gasteiger partial charge < -0.3 is 19.3 Å². The highest BCUT2D eigenvalue weighted by molar-refractivity contribution is 6.10. The largest absolute Gasteiger partial charge is 0.497 e. The lowest BCUT2D eigenvalue weighted by molar-refractivity contribution is 0.0696. The van der Waals surface area contributed by atoms with Gasteiger partial charge in [-0.05, 0) is 53.9 Å². The predicted octanol–water partition coefficient (Wildman–Crippen LogP) is 7.62. The Bertz CT molecular complexity index is 1740. The number of hydrogen-bond acceptors (Lipinski definition) is 5. The second-order valence-corrected chi connectivity index (χ2v) is 10.2. The number of carboxylic acid groups (broad SMARTS) is 1. The molecule has 0 aliphatic heterocycles. The number of carbonyl (C=O) groups excluding carboxylic acids is 1. The third-order valence-corrected chi connectivity index (χ3v) is 7.47. The van der Waals surface area contributed by atoms with E-state index in [1.54, 1.807) is 42.5 Å². The highest BCUT2D eigenvalue weighted by Gasteiger charge is 2.37. The van der Waals surface area contributed by atoms with Crippen molar-refractivity contribution in [2.24, 2.45) is 0 Å². The summed E-state index contributed by atoms with van der Waals surface area (Å²) in [6.45, 7) is -0.0617. The van der Waals surface area contributed by atoms with Crippen LogP contribution in [0.15, 0.2) is 84.4 Å². The standard InChI is InChI=1S/C34H26F4O6/c1-42-24-11-18(10-21(12-24)34(40)41)17-44-30-5-3-4-25(33(30)43-2)26-13-20(19-6-8-22(35)9-7-19)14-27(26)32(39)31-28(37)15-23(36)16-29(31)38/h3-12,14-16,20,26H,13,17H2,1-2H3,(H,40,41). The minimum absolute atomic E-state index is 0.00926. The lowest BCUT2D eigenvalue weighted by atomic mass is 9.86. The van der Waals surface area contributed by atoms with E-state index in [4.69, 9.17) is 14.2 Å². The van der Waals surface area contributed by atoms with Crippen LogP contribution in [0.1, 0.15) is 55.7 Å². The van der Waals surface area contributed by atoms with E-state index >= 15 is 0 Å². The highest BCUT2D eigenvalue weighted by atomic mass is 19.1. The van der Waals surface area contributed by atoms with Gasteiger partial charge in [-0.15, -0.1) is 0 Å². The van der Waals surface area contributed by atoms with Crippen LogP contribution in [0.4, 0.5) is 17.6 Å². The first kappa shape index (κ1) is 30.3. The number of ketones is 1. The average molecular weight is 607 g/mol. The third-order valence-electron chi connectivity index (χ3n) is 7.47. The van der Waals surface area contributed by atoms with Gasteiger partial charge in [-0.3, -0.25) is 4.79 Å². The zero-order valence-electron chi connectivity index (χ0n) is 23.6. The number of carboxylic acids is 1. The van der Waals surface area contributed by atoms with Gasteiger partial charge >= 0.3 is 5.97 Å². The number of Topliss-reactive ketones (excluding diaryl/α,β-unsaturated/α-hetero) is 1. The van der Waals surface area contributed by atoms with Crippen molar-refractivity contribution in [2.45, 2.75) is 24.9 Å². The SMILES string of the molecule is COc1cc(COc2cccc(C3CC(c4ccc(F)cc4)C=C3C(=O)c3c(F)cc(F)cc3F)c2OC)cc(C(=O)O)c1. The Morgan fingerprint density at radius 3 is 2.20 bits per heavy atom. The molecule has 0 aromatic heterocycles. The van der Waals surface area contributed by atoms with Gasteiger partial charge in [-0.1, -0.05) is 30.3 Å². The summed E-state index contributed by atoms with van der Waals surface area (Å²) in [6.07, 6.45) is 1.86. The first-order valence-electron chi connectivity index (χ1n) is 13.5. The molecule has 0 saturated heterocycles. The number of benzene rings is 4. The number of hydrogen-bond donors (Lipinski definition) is 1. The monoisotopic (exact) mass is 606 g/mol. The number of rotatable bonds is 10. The molecule has 1 aliphatic carbocycles. The molecular formula is C34H26F4O6. The lowest BCUT2D eigenvalue weighted by Crippen LogP contribution is -2.14. The molecule has 2 unspecified atom stereocenters. The van der Waals surface area contributed by atoms with Crippen LogP contribution < -0.4 is 14.2 Å². The summed E-state index contributed by atoms with van der Waals surface area (Å²) in [7, 11) is 2.81. The van der Waals surface area contributed by atoms with E-state index < -0.39 is 52.4 Å². The smallest absolute Gasteiger partial charge is 0.335 e. The van der Waals surface area contributed by atoms with Crippen molar-refractivity contribution in [1.29, 1.82) is 0 Å². The van der Waals surface area contributed by atoms with Gasteiger partial charge in [-0.2, -0.15) is 0 Å². The Hall–Kier alpha value is -5.12. The maximum absolute atomic E-state index is 14.8. The van der Waals surface area contributed by atoms with E-state index in [1.165, 1.54) is 38.5 Å². The van der Waals surface area contributed by atoms with Gasteiger partial charge in [-0.25, -0.2) is 22.4 Å². The van der Waals surface area contributed by atoms with Gasteiger partial charge in [0.2, 0.25) is 0 Å². The Kier molecular flexibility index (Phi) is 8.71. The molecular weight excluding hydrogens is 580 g/mol. The summed E-state index contributed by atoms with van der Waals surface area (Å²) in [6, 6.07) is 16.0. The second kappa shape index (κ2) is 12.6. The van der Waals surface area contributed by atoms with Crippen molar-refractivity contribution in [3.05, 3.63) is 136 Å². The third kappa shape index (κ3) is 6.15. The highest BCUT2D eigenvalue weighted by Crippen LogP contribution is 2.49. The predicted molar refractivity (Wildman–Crippen MR) is 153 cm³/mol. The number of halogens is 4. The number of methoxy groups -OCH3 is 2. The molecule has 0 spiro atoms. The Labute approximate surface area is 250 Å². The van der Waals surface area contributed by atoms with Gasteiger partial charge in [0.1, 0.15) is 35.6 Å². The maximum Gasteiger partial charge on any atom is 0.335 e. The van der Waals surface area contributed by atoms with Crippen molar-refractivity contribution in [3.8, 4) is 17.2 Å². The summed E-state index contributed by atoms with van der Waals surface area (Å²) in [5, 5.41) is 9.44. The molecule has 4 aromatic carbocycles. The molecule has 5 rings (SSSR count). The van der Waals surface area contributed by atoms with Crippen LogP contribution >= 0.6 is 0 Å². The summed E-state index contributed by atoms with van der Waals surface area (Å²) < 4.78 is 73.7. The fourth-order valence-electron chi connectivity index (χ4n) is 5.44. The van der Waals surface area contributed by atoms with Crippen LogP contribution in [0.2, 0.25) is 0 Å². The molecule has 10 heteroatoms. The molecule has 0 radical (unpaired) electrons. The molecule has 4 aromatic rings. The fourth-order valence-corrected chi connectivity index (χ4v) is 5.44. The lowest BCUT2D eigenvalue weighted by Gasteiger charge is -2.21. The van der Waals surface area contributed by atoms with Gasteiger partial charge in [0.05, 0.1) is 25.3 Å². The van der Waals surface area contributed by atoms with Crippen LogP contribution in [0.25, 0.3) is 0 Å². The molecule has 2 atom stereocenters. The number of allylic oxidation sites excluding steroid dienone is 2. The minimum Gasteiger partial charge on any atom is -0.497 e. The van der Waals surface area contributed by atoms with Gasteiger partial charge in [0.15, 0.2) is 17.3 Å². The number of carbonyl (C=O) groups is 2. The van der Waals surface area contributed by atoms with Crippen molar-refractivity contribution in [2.75, 3.05) is 14.2 Å². The zero-order chi connectivity index (χ0) is 31.5. The van der Waals surface area contributed by atoms with Gasteiger partial charge in [0.25, 0.3) is 0 Å². The molecule has 0 saturated carbocycles. The fraction of sp³-hybridized carbons (Fsp3) is 0.176. The minimum atomic E-state index is -1.33. The molecule has 0 fully saturated rings. The molecule has 0 amide bonds. The van der Waals surface area contributed by atoms with Crippen LogP contribution in [0.3, 0.4) is 0 Å². The average Bonchev–Trinajstić information content (AvgIpc) is 3.44. The van der Waals surface area contributed by atoms with Crippen molar-refractivity contribution in [1.82, 2.24) is 0 Å². The maximum atomic E-state index is 14.8. The number of aromatic carboxylic acids is 1. The molecule has 44 heavy (non-hydrogen) atoms. The van der Waals surface area contributed by atoms with E-state index in [9.17, 15) is 32.3 Å². The van der Waals surface area contributed by atoms with Crippen LogP contribution in [-0.4, -0.2) is 31.1 Å². The van der Waals surface area contributed by atoms with Crippen LogP contribution in [0, 0.1) is 23.3 Å². The Morgan fingerprint density at radius 1 is 0.864 bits per heavy atom. The molecule has 6 nitrogen and oxygen atoms in total. The molecule has 0 bridgehead atoms. The molecule has 1 aliphatic rings. The number of ether oxygens (including phenoxy) is 3. The summed E-state index contributed by atoms with van der Waals surface area (Å²) in [5.41, 5.74) is 0.838. The summed E-state index contributed by atoms with van der Waals surface area (Å²) in [5.74, 6) is -6.69. The first-order valence-corrected chi connectivity index (χ1v) is 13.5. The zero-order valence-corrected chi connectivity index (χ0v) is 23.6. The van der Waals surface area contributed by atoms with E-state index in [0.29, 0.717) is 34.6 Å². The van der Waals surface area contributed by atoms with Crippen molar-refractivity contribution in [3.63, 3.8) is 0 Å². The van der Waals surface area contributed by atoms with E-state index in [-0.39, 0.29) is 35.7 Å². The topological polar surface area (TPSA) is 82.1 Å². The first-order chi connectivity index (χ1) is 21.1. The van der Waals surface area contributed by atoms with E-state index in [2.05, 4.69) is 0 Å². The van der Waals surface area contributed by atoms with Crippen molar-refractivity contribution < 1.29 is 46.5 Å². The second-order valence-electron chi connectivity index (χ2n) is 10.2. The normalized spacial score (nSPS) is 15.9. The molecule has 226 valence electrons.